The number of benzene rings is 1. The average Bonchev–Trinajstić information content (AvgIpc) is 2.91. The summed E-state index contributed by atoms with van der Waals surface area (Å²) in [6, 6.07) is 9.45. The molecule has 0 saturated carbocycles. The molecule has 3 rings (SSSR count). The Kier molecular flexibility index (Phi) is 5.48. The van der Waals surface area contributed by atoms with Gasteiger partial charge in [0.15, 0.2) is 0 Å². The van der Waals surface area contributed by atoms with E-state index in [0.29, 0.717) is 39.2 Å². The van der Waals surface area contributed by atoms with Crippen LogP contribution in [0.5, 0.6) is 0 Å². The van der Waals surface area contributed by atoms with Gasteiger partial charge in [0.2, 0.25) is 11.8 Å². The number of imide groups is 1. The van der Waals surface area contributed by atoms with Gasteiger partial charge in [0, 0.05) is 19.5 Å². The molecule has 1 aromatic rings. The van der Waals surface area contributed by atoms with Crippen LogP contribution in [0.25, 0.3) is 0 Å². The Morgan fingerprint density at radius 2 is 1.84 bits per heavy atom. The maximum atomic E-state index is 12.7. The Labute approximate surface area is 147 Å². The van der Waals surface area contributed by atoms with Crippen LogP contribution in [0.15, 0.2) is 30.3 Å². The summed E-state index contributed by atoms with van der Waals surface area (Å²) in [7, 11) is 0. The predicted molar refractivity (Wildman–Crippen MR) is 91.5 cm³/mol. The minimum absolute atomic E-state index is 0.0711. The number of nitrogens with zero attached hydrogens (tertiary/aromatic N) is 2. The minimum atomic E-state index is -0.370. The molecular weight excluding hydrogens is 320 g/mol. The Bertz CT molecular complexity index is 638. The summed E-state index contributed by atoms with van der Waals surface area (Å²) in [6.07, 6.45) is 1.65. The molecule has 2 fully saturated rings. The van der Waals surface area contributed by atoms with Gasteiger partial charge in [-0.25, -0.2) is 0 Å². The third kappa shape index (κ3) is 3.90. The molecule has 1 aromatic carbocycles. The molecule has 0 radical (unpaired) electrons. The van der Waals surface area contributed by atoms with Crippen LogP contribution < -0.4 is 0 Å². The van der Waals surface area contributed by atoms with Crippen LogP contribution in [0.1, 0.15) is 37.7 Å². The number of ether oxygens (including phenoxy) is 1. The van der Waals surface area contributed by atoms with E-state index in [1.807, 2.05) is 30.3 Å². The predicted octanol–water partition coefficient (Wildman–Crippen LogP) is 1.76. The van der Waals surface area contributed by atoms with E-state index in [2.05, 4.69) is 4.90 Å². The summed E-state index contributed by atoms with van der Waals surface area (Å²) in [5.41, 5.74) is 0.893. The van der Waals surface area contributed by atoms with Gasteiger partial charge in [-0.1, -0.05) is 30.3 Å². The SMILES string of the molecule is CCOC(=O)C1CCN(CN2C(=O)C[C@@H](c3ccccc3)C2=O)CC1. The monoisotopic (exact) mass is 344 g/mol. The van der Waals surface area contributed by atoms with E-state index in [4.69, 9.17) is 4.74 Å². The first kappa shape index (κ1) is 17.6. The van der Waals surface area contributed by atoms with Gasteiger partial charge >= 0.3 is 5.97 Å². The van der Waals surface area contributed by atoms with Gasteiger partial charge in [-0.2, -0.15) is 0 Å². The van der Waals surface area contributed by atoms with Gasteiger partial charge in [0.25, 0.3) is 0 Å². The van der Waals surface area contributed by atoms with Gasteiger partial charge in [0.05, 0.1) is 25.1 Å². The van der Waals surface area contributed by atoms with Gasteiger partial charge in [-0.3, -0.25) is 24.2 Å². The van der Waals surface area contributed by atoms with Crippen molar-refractivity contribution < 1.29 is 19.1 Å². The molecule has 0 N–H and O–H groups in total. The molecule has 134 valence electrons. The molecule has 25 heavy (non-hydrogen) atoms. The van der Waals surface area contributed by atoms with Crippen LogP contribution in [0.4, 0.5) is 0 Å². The van der Waals surface area contributed by atoms with E-state index < -0.39 is 0 Å². The number of amides is 2. The highest BCUT2D eigenvalue weighted by Crippen LogP contribution is 2.30. The van der Waals surface area contributed by atoms with Crippen molar-refractivity contribution in [3.8, 4) is 0 Å². The number of esters is 1. The third-order valence-electron chi connectivity index (χ3n) is 4.99. The summed E-state index contributed by atoms with van der Waals surface area (Å²) >= 11 is 0. The van der Waals surface area contributed by atoms with E-state index in [0.717, 1.165) is 5.56 Å². The molecule has 2 heterocycles. The largest absolute Gasteiger partial charge is 0.466 e. The molecule has 2 saturated heterocycles. The number of carbonyl (C=O) groups is 3. The molecule has 2 aliphatic heterocycles. The number of piperidine rings is 1. The van der Waals surface area contributed by atoms with Gasteiger partial charge in [0.1, 0.15) is 0 Å². The van der Waals surface area contributed by atoms with Crippen LogP contribution >= 0.6 is 0 Å². The maximum Gasteiger partial charge on any atom is 0.309 e. The lowest BCUT2D eigenvalue weighted by atomic mass is 9.97. The van der Waals surface area contributed by atoms with Crippen LogP contribution in [-0.4, -0.2) is 53.9 Å². The lowest BCUT2D eigenvalue weighted by Gasteiger charge is -2.33. The van der Waals surface area contributed by atoms with Crippen molar-refractivity contribution in [2.24, 2.45) is 5.92 Å². The lowest BCUT2D eigenvalue weighted by molar-refractivity contribution is -0.151. The van der Waals surface area contributed by atoms with Gasteiger partial charge in [-0.15, -0.1) is 0 Å². The number of rotatable bonds is 5. The first-order chi connectivity index (χ1) is 12.1. The van der Waals surface area contributed by atoms with E-state index in [1.165, 1.54) is 4.90 Å². The summed E-state index contributed by atoms with van der Waals surface area (Å²) < 4.78 is 5.07. The van der Waals surface area contributed by atoms with Crippen LogP contribution in [0.2, 0.25) is 0 Å². The fourth-order valence-electron chi connectivity index (χ4n) is 3.55. The maximum absolute atomic E-state index is 12.7. The van der Waals surface area contributed by atoms with Crippen molar-refractivity contribution in [3.05, 3.63) is 35.9 Å². The highest BCUT2D eigenvalue weighted by molar-refractivity contribution is 6.06. The standard InChI is InChI=1S/C19H24N2O4/c1-2-25-19(24)15-8-10-20(11-9-15)13-21-17(22)12-16(18(21)23)14-6-4-3-5-7-14/h3-7,15-16H,2,8-13H2,1H3/t16-/m0/s1. The Morgan fingerprint density at radius 3 is 2.48 bits per heavy atom. The minimum Gasteiger partial charge on any atom is -0.466 e. The fraction of sp³-hybridized carbons (Fsp3) is 0.526. The second kappa shape index (κ2) is 7.78. The highest BCUT2D eigenvalue weighted by atomic mass is 16.5. The van der Waals surface area contributed by atoms with E-state index in [-0.39, 0.29) is 36.0 Å². The highest BCUT2D eigenvalue weighted by Gasteiger charge is 2.40. The van der Waals surface area contributed by atoms with Gasteiger partial charge < -0.3 is 4.74 Å². The molecule has 0 aliphatic carbocycles. The summed E-state index contributed by atoms with van der Waals surface area (Å²) in [6.45, 7) is 3.90. The van der Waals surface area contributed by atoms with E-state index >= 15 is 0 Å². The molecule has 6 nitrogen and oxygen atoms in total. The number of likely N-dealkylation sites (tertiary alicyclic amines) is 2. The molecule has 1 atom stereocenters. The second-order valence-electron chi connectivity index (χ2n) is 6.61. The summed E-state index contributed by atoms with van der Waals surface area (Å²) in [4.78, 5) is 40.2. The van der Waals surface area contributed by atoms with Crippen molar-refractivity contribution >= 4 is 17.8 Å². The summed E-state index contributed by atoms with van der Waals surface area (Å²) in [5.74, 6) is -0.821. The molecule has 0 spiro atoms. The molecule has 0 aromatic heterocycles. The average molecular weight is 344 g/mol. The molecular formula is C19H24N2O4. The van der Waals surface area contributed by atoms with Crippen LogP contribution in [0.3, 0.4) is 0 Å². The van der Waals surface area contributed by atoms with E-state index in [1.54, 1.807) is 6.92 Å². The zero-order chi connectivity index (χ0) is 17.8. The smallest absolute Gasteiger partial charge is 0.309 e. The fourth-order valence-corrected chi connectivity index (χ4v) is 3.55. The molecule has 0 bridgehead atoms. The number of carbonyl (C=O) groups excluding carboxylic acids is 3. The summed E-state index contributed by atoms with van der Waals surface area (Å²) in [5, 5.41) is 0. The first-order valence-electron chi connectivity index (χ1n) is 8.88. The van der Waals surface area contributed by atoms with Gasteiger partial charge in [-0.05, 0) is 25.3 Å². The van der Waals surface area contributed by atoms with E-state index in [9.17, 15) is 14.4 Å². The Hall–Kier alpha value is -2.21. The molecule has 6 heteroatoms. The number of hydrogen-bond donors (Lipinski definition) is 0. The zero-order valence-corrected chi connectivity index (χ0v) is 14.5. The van der Waals surface area contributed by atoms with Crippen molar-refractivity contribution in [3.63, 3.8) is 0 Å². The Morgan fingerprint density at radius 1 is 1.16 bits per heavy atom. The third-order valence-corrected chi connectivity index (χ3v) is 4.99. The van der Waals surface area contributed by atoms with Crippen LogP contribution in [-0.2, 0) is 19.1 Å². The van der Waals surface area contributed by atoms with Crippen molar-refractivity contribution in [2.75, 3.05) is 26.4 Å². The van der Waals surface area contributed by atoms with Crippen molar-refractivity contribution in [1.82, 2.24) is 9.80 Å². The van der Waals surface area contributed by atoms with Crippen molar-refractivity contribution in [1.29, 1.82) is 0 Å². The Balaban J connectivity index is 1.56. The first-order valence-corrected chi connectivity index (χ1v) is 8.88. The number of hydrogen-bond acceptors (Lipinski definition) is 5. The topological polar surface area (TPSA) is 66.9 Å². The van der Waals surface area contributed by atoms with Crippen LogP contribution in [0, 0.1) is 5.92 Å². The molecule has 2 aliphatic rings. The second-order valence-corrected chi connectivity index (χ2v) is 6.61. The quantitative estimate of drug-likeness (QED) is 0.601. The zero-order valence-electron chi connectivity index (χ0n) is 14.5. The van der Waals surface area contributed by atoms with Crippen molar-refractivity contribution in [2.45, 2.75) is 32.1 Å². The molecule has 2 amide bonds. The molecule has 0 unspecified atom stereocenters. The normalized spacial score (nSPS) is 22.4. The lowest BCUT2D eigenvalue weighted by Crippen LogP contribution is -2.45.